The van der Waals surface area contributed by atoms with Crippen molar-refractivity contribution in [3.05, 3.63) is 48.3 Å². The van der Waals surface area contributed by atoms with Crippen LogP contribution in [0.25, 0.3) is 0 Å². The van der Waals surface area contributed by atoms with Crippen LogP contribution in [-0.2, 0) is 10.0 Å². The molecule has 2 heterocycles. The molecule has 23 heavy (non-hydrogen) atoms. The van der Waals surface area contributed by atoms with Crippen molar-refractivity contribution in [2.45, 2.75) is 19.4 Å². The van der Waals surface area contributed by atoms with Gasteiger partial charge in [0.05, 0.1) is 29.4 Å². The molecule has 1 fully saturated rings. The lowest BCUT2D eigenvalue weighted by Gasteiger charge is -2.20. The Morgan fingerprint density at radius 1 is 1.35 bits per heavy atom. The molecule has 1 saturated heterocycles. The molecule has 0 unspecified atom stereocenters. The SMILES string of the molecule is C[C@@H](Nc1ccc(F)c(N2CCCS2(=O)=O)c1)c1cnccn1. The highest BCUT2D eigenvalue weighted by Crippen LogP contribution is 2.30. The first kappa shape index (κ1) is 15.7. The summed E-state index contributed by atoms with van der Waals surface area (Å²) in [5, 5.41) is 3.19. The molecule has 0 radical (unpaired) electrons. The summed E-state index contributed by atoms with van der Waals surface area (Å²) in [4.78, 5) is 8.22. The Morgan fingerprint density at radius 3 is 2.83 bits per heavy atom. The summed E-state index contributed by atoms with van der Waals surface area (Å²) in [7, 11) is -3.42. The fraction of sp³-hybridized carbons (Fsp3) is 0.333. The molecule has 0 saturated carbocycles. The van der Waals surface area contributed by atoms with Gasteiger partial charge in [0.2, 0.25) is 10.0 Å². The van der Waals surface area contributed by atoms with Crippen LogP contribution in [0, 0.1) is 5.82 Å². The molecule has 0 aliphatic carbocycles. The third-order valence-electron chi connectivity index (χ3n) is 3.72. The second-order valence-electron chi connectivity index (χ2n) is 5.40. The summed E-state index contributed by atoms with van der Waals surface area (Å²) in [5.74, 6) is -0.492. The van der Waals surface area contributed by atoms with E-state index in [1.54, 1.807) is 24.7 Å². The smallest absolute Gasteiger partial charge is 0.235 e. The number of hydrogen-bond donors (Lipinski definition) is 1. The number of anilines is 2. The number of sulfonamides is 1. The van der Waals surface area contributed by atoms with Crippen molar-refractivity contribution in [2.75, 3.05) is 21.9 Å². The Labute approximate surface area is 134 Å². The van der Waals surface area contributed by atoms with E-state index in [0.717, 1.165) is 10.00 Å². The van der Waals surface area contributed by atoms with Crippen LogP contribution < -0.4 is 9.62 Å². The lowest BCUT2D eigenvalue weighted by molar-refractivity contribution is 0.595. The maximum atomic E-state index is 14.1. The van der Waals surface area contributed by atoms with Crippen LogP contribution in [0.5, 0.6) is 0 Å². The molecular weight excluding hydrogens is 319 g/mol. The summed E-state index contributed by atoms with van der Waals surface area (Å²) in [6, 6.07) is 4.23. The van der Waals surface area contributed by atoms with Gasteiger partial charge in [-0.05, 0) is 31.5 Å². The Balaban J connectivity index is 1.86. The van der Waals surface area contributed by atoms with Gasteiger partial charge in [-0.25, -0.2) is 12.8 Å². The highest BCUT2D eigenvalue weighted by Gasteiger charge is 2.30. The molecule has 1 aliphatic rings. The van der Waals surface area contributed by atoms with Gasteiger partial charge in [-0.15, -0.1) is 0 Å². The number of benzene rings is 1. The molecule has 0 amide bonds. The first-order valence-corrected chi connectivity index (χ1v) is 8.91. The number of nitrogens with one attached hydrogen (secondary N) is 1. The summed E-state index contributed by atoms with van der Waals surface area (Å²) < 4.78 is 39.2. The van der Waals surface area contributed by atoms with Crippen molar-refractivity contribution in [3.8, 4) is 0 Å². The quantitative estimate of drug-likeness (QED) is 0.927. The van der Waals surface area contributed by atoms with E-state index in [-0.39, 0.29) is 17.5 Å². The summed E-state index contributed by atoms with van der Waals surface area (Å²) in [6.45, 7) is 2.21. The molecular formula is C15H17FN4O2S. The summed E-state index contributed by atoms with van der Waals surface area (Å²) >= 11 is 0. The molecule has 8 heteroatoms. The van der Waals surface area contributed by atoms with Crippen LogP contribution in [-0.4, -0.2) is 30.7 Å². The molecule has 122 valence electrons. The van der Waals surface area contributed by atoms with E-state index < -0.39 is 15.8 Å². The lowest BCUT2D eigenvalue weighted by atomic mass is 10.2. The van der Waals surface area contributed by atoms with E-state index in [9.17, 15) is 12.8 Å². The molecule has 3 rings (SSSR count). The van der Waals surface area contributed by atoms with Crippen LogP contribution in [0.1, 0.15) is 25.1 Å². The van der Waals surface area contributed by atoms with Gasteiger partial charge >= 0.3 is 0 Å². The van der Waals surface area contributed by atoms with Crippen LogP contribution in [0.15, 0.2) is 36.8 Å². The normalized spacial score (nSPS) is 17.9. The highest BCUT2D eigenvalue weighted by atomic mass is 32.2. The maximum Gasteiger partial charge on any atom is 0.235 e. The Kier molecular flexibility index (Phi) is 4.16. The highest BCUT2D eigenvalue weighted by molar-refractivity contribution is 7.93. The number of nitrogens with zero attached hydrogens (tertiary/aromatic N) is 3. The van der Waals surface area contributed by atoms with E-state index in [1.165, 1.54) is 12.1 Å². The van der Waals surface area contributed by atoms with Crippen molar-refractivity contribution in [2.24, 2.45) is 0 Å². The minimum absolute atomic E-state index is 0.0557. The van der Waals surface area contributed by atoms with E-state index >= 15 is 0 Å². The number of hydrogen-bond acceptors (Lipinski definition) is 5. The molecule has 1 aliphatic heterocycles. The monoisotopic (exact) mass is 336 g/mol. The van der Waals surface area contributed by atoms with E-state index in [4.69, 9.17) is 0 Å². The zero-order valence-electron chi connectivity index (χ0n) is 12.6. The van der Waals surface area contributed by atoms with E-state index in [1.807, 2.05) is 6.92 Å². The van der Waals surface area contributed by atoms with Crippen LogP contribution >= 0.6 is 0 Å². The molecule has 2 aromatic rings. The number of rotatable bonds is 4. The molecule has 6 nitrogen and oxygen atoms in total. The summed E-state index contributed by atoms with van der Waals surface area (Å²) in [5.41, 5.74) is 1.45. The fourth-order valence-corrected chi connectivity index (χ4v) is 4.12. The minimum atomic E-state index is -3.42. The Hall–Kier alpha value is -2.22. The molecule has 1 aromatic carbocycles. The largest absolute Gasteiger partial charge is 0.377 e. The average Bonchev–Trinajstić information content (AvgIpc) is 2.89. The molecule has 1 aromatic heterocycles. The predicted octanol–water partition coefficient (Wildman–Crippen LogP) is 2.33. The zero-order chi connectivity index (χ0) is 16.4. The molecule has 0 spiro atoms. The zero-order valence-corrected chi connectivity index (χ0v) is 13.4. The van der Waals surface area contributed by atoms with Crippen molar-refractivity contribution in [1.29, 1.82) is 0 Å². The molecule has 0 bridgehead atoms. The van der Waals surface area contributed by atoms with Crippen molar-refractivity contribution < 1.29 is 12.8 Å². The second kappa shape index (κ2) is 6.11. The molecule has 1 atom stereocenters. The average molecular weight is 336 g/mol. The van der Waals surface area contributed by atoms with Crippen LogP contribution in [0.3, 0.4) is 0 Å². The van der Waals surface area contributed by atoms with Gasteiger partial charge < -0.3 is 5.32 Å². The number of aromatic nitrogens is 2. The summed E-state index contributed by atoms with van der Waals surface area (Å²) in [6.07, 6.45) is 5.34. The van der Waals surface area contributed by atoms with Gasteiger partial charge in [0.15, 0.2) is 0 Å². The van der Waals surface area contributed by atoms with Gasteiger partial charge in [0.1, 0.15) is 5.82 Å². The van der Waals surface area contributed by atoms with E-state index in [0.29, 0.717) is 18.7 Å². The standard InChI is InChI=1S/C15H17FN4O2S/c1-11(14-10-17-5-6-18-14)19-12-3-4-13(16)15(9-12)20-7-2-8-23(20,21)22/h3-6,9-11,19H,2,7-8H2,1H3/t11-/m1/s1. The fourth-order valence-electron chi connectivity index (χ4n) is 2.56. The number of halogens is 1. The third-order valence-corrected chi connectivity index (χ3v) is 5.58. The van der Waals surface area contributed by atoms with Crippen molar-refractivity contribution in [3.63, 3.8) is 0 Å². The van der Waals surface area contributed by atoms with Gasteiger partial charge in [0, 0.05) is 24.6 Å². The van der Waals surface area contributed by atoms with Crippen LogP contribution in [0.4, 0.5) is 15.8 Å². The minimum Gasteiger partial charge on any atom is -0.377 e. The maximum absolute atomic E-state index is 14.1. The topological polar surface area (TPSA) is 75.2 Å². The second-order valence-corrected chi connectivity index (χ2v) is 7.42. The predicted molar refractivity (Wildman–Crippen MR) is 86.2 cm³/mol. The Bertz CT molecular complexity index is 798. The lowest BCUT2D eigenvalue weighted by Crippen LogP contribution is -2.26. The van der Waals surface area contributed by atoms with E-state index in [2.05, 4.69) is 15.3 Å². The van der Waals surface area contributed by atoms with Gasteiger partial charge in [0.25, 0.3) is 0 Å². The van der Waals surface area contributed by atoms with Gasteiger partial charge in [-0.3, -0.25) is 14.3 Å². The van der Waals surface area contributed by atoms with Crippen LogP contribution in [0.2, 0.25) is 0 Å². The third kappa shape index (κ3) is 3.26. The first-order valence-electron chi connectivity index (χ1n) is 7.30. The molecule has 1 N–H and O–H groups in total. The van der Waals surface area contributed by atoms with Gasteiger partial charge in [-0.1, -0.05) is 0 Å². The van der Waals surface area contributed by atoms with Crippen molar-refractivity contribution >= 4 is 21.4 Å². The Morgan fingerprint density at radius 2 is 2.17 bits per heavy atom. The van der Waals surface area contributed by atoms with Crippen molar-refractivity contribution in [1.82, 2.24) is 9.97 Å². The van der Waals surface area contributed by atoms with Gasteiger partial charge in [-0.2, -0.15) is 0 Å². The first-order chi connectivity index (χ1) is 11.0.